The quantitative estimate of drug-likeness (QED) is 0.594. The van der Waals surface area contributed by atoms with Crippen molar-refractivity contribution >= 4 is 15.2 Å². The predicted octanol–water partition coefficient (Wildman–Crippen LogP) is 4.79. The first-order valence-electron chi connectivity index (χ1n) is 10.6. The third-order valence-electron chi connectivity index (χ3n) is 5.60. The normalized spacial score (nSPS) is 17.9. The Morgan fingerprint density at radius 3 is 2.58 bits per heavy atom. The van der Waals surface area contributed by atoms with Gasteiger partial charge in [0, 0.05) is 30.9 Å². The van der Waals surface area contributed by atoms with Crippen LogP contribution in [-0.2, 0) is 0 Å². The zero-order valence-corrected chi connectivity index (χ0v) is 18.6. The van der Waals surface area contributed by atoms with E-state index in [0.29, 0.717) is 23.0 Å². The highest BCUT2D eigenvalue weighted by atomic mass is 31.0. The van der Waals surface area contributed by atoms with E-state index < -0.39 is 0 Å². The van der Waals surface area contributed by atoms with E-state index in [0.717, 1.165) is 56.5 Å². The van der Waals surface area contributed by atoms with Crippen LogP contribution in [0, 0.1) is 11.3 Å². The van der Waals surface area contributed by atoms with Crippen molar-refractivity contribution in [3.63, 3.8) is 0 Å². The number of nitrogen functional groups attached to an aromatic ring is 1. The second kappa shape index (κ2) is 9.91. The van der Waals surface area contributed by atoms with Gasteiger partial charge in [-0.2, -0.15) is 10.4 Å². The van der Waals surface area contributed by atoms with E-state index in [1.165, 1.54) is 0 Å². The maximum atomic E-state index is 9.76. The molecule has 1 fully saturated rings. The molecule has 0 saturated carbocycles. The molecule has 31 heavy (non-hydrogen) atoms. The summed E-state index contributed by atoms with van der Waals surface area (Å²) in [7, 11) is 2.81. The number of anilines is 1. The van der Waals surface area contributed by atoms with Crippen LogP contribution in [0.3, 0.4) is 0 Å². The fraction of sp³-hybridized carbons (Fsp3) is 0.348. The molecule has 4 rings (SSSR count). The molecule has 0 aliphatic carbocycles. The zero-order chi connectivity index (χ0) is 21.6. The summed E-state index contributed by atoms with van der Waals surface area (Å²) >= 11 is 0. The maximum absolute atomic E-state index is 9.76. The number of nitrogens with zero attached hydrogens (tertiary/aromatic N) is 5. The summed E-state index contributed by atoms with van der Waals surface area (Å²) in [6.07, 6.45) is 7.00. The predicted molar refractivity (Wildman–Crippen MR) is 125 cm³/mol. The summed E-state index contributed by atoms with van der Waals surface area (Å²) in [5.41, 5.74) is 8.12. The van der Waals surface area contributed by atoms with E-state index in [4.69, 9.17) is 15.6 Å². The maximum Gasteiger partial charge on any atom is 0.219 e. The van der Waals surface area contributed by atoms with Gasteiger partial charge in [-0.1, -0.05) is 34.0 Å². The molecule has 2 atom stereocenters. The Kier molecular flexibility index (Phi) is 6.81. The van der Waals surface area contributed by atoms with Gasteiger partial charge in [-0.25, -0.2) is 9.67 Å². The Balaban J connectivity index is 1.58. The molecular formula is C23H27N6OP. The molecule has 2 N–H and O–H groups in total. The lowest BCUT2D eigenvalue weighted by Gasteiger charge is -2.18. The highest BCUT2D eigenvalue weighted by Crippen LogP contribution is 2.33. The number of ether oxygens (including phenoxy) is 1. The van der Waals surface area contributed by atoms with Gasteiger partial charge in [0.05, 0.1) is 6.04 Å². The van der Waals surface area contributed by atoms with E-state index in [1.807, 2.05) is 41.1 Å². The monoisotopic (exact) mass is 434 g/mol. The van der Waals surface area contributed by atoms with Crippen LogP contribution in [0.15, 0.2) is 48.7 Å². The van der Waals surface area contributed by atoms with Crippen molar-refractivity contribution in [3.05, 3.63) is 54.2 Å². The minimum atomic E-state index is 0.200. The average molecular weight is 434 g/mol. The van der Waals surface area contributed by atoms with Gasteiger partial charge in [-0.05, 0) is 43.9 Å². The highest BCUT2D eigenvalue weighted by molar-refractivity contribution is 7.13. The molecule has 2 aromatic heterocycles. The largest absolute Gasteiger partial charge is 0.439 e. The molecule has 1 aliphatic heterocycles. The Morgan fingerprint density at radius 2 is 1.84 bits per heavy atom. The van der Waals surface area contributed by atoms with Crippen molar-refractivity contribution in [3.8, 4) is 29.0 Å². The molecule has 2 unspecified atom stereocenters. The lowest BCUT2D eigenvalue weighted by Crippen LogP contribution is -2.15. The van der Waals surface area contributed by atoms with Crippen LogP contribution in [0.25, 0.3) is 11.3 Å². The molecular weight excluding hydrogens is 407 g/mol. The van der Waals surface area contributed by atoms with Crippen molar-refractivity contribution in [2.75, 3.05) is 18.8 Å². The summed E-state index contributed by atoms with van der Waals surface area (Å²) in [5.74, 6) is 1.64. The van der Waals surface area contributed by atoms with Gasteiger partial charge in [-0.3, -0.25) is 4.67 Å². The highest BCUT2D eigenvalue weighted by Gasteiger charge is 2.23. The van der Waals surface area contributed by atoms with E-state index in [1.54, 1.807) is 12.3 Å². The molecule has 0 spiro atoms. The molecule has 7 nitrogen and oxygen atoms in total. The molecule has 3 aromatic rings. The minimum absolute atomic E-state index is 0.200. The van der Waals surface area contributed by atoms with Gasteiger partial charge in [0.15, 0.2) is 0 Å². The lowest BCUT2D eigenvalue weighted by molar-refractivity contribution is 0.387. The topological polar surface area (TPSA) is 93.0 Å². The Hall–Kier alpha value is -2.94. The number of rotatable bonds is 4. The molecule has 160 valence electrons. The number of aromatic nitrogens is 3. The first kappa shape index (κ1) is 21.3. The summed E-state index contributed by atoms with van der Waals surface area (Å²) in [6.45, 7) is 2.12. The van der Waals surface area contributed by atoms with Crippen LogP contribution >= 0.6 is 9.39 Å². The number of benzene rings is 1. The second-order valence-corrected chi connectivity index (χ2v) is 8.52. The fourth-order valence-corrected chi connectivity index (χ4v) is 4.32. The number of nitrogens with two attached hydrogens (primary N) is 1. The van der Waals surface area contributed by atoms with E-state index in [9.17, 15) is 5.26 Å². The van der Waals surface area contributed by atoms with Crippen LogP contribution in [0.4, 0.5) is 5.82 Å². The molecule has 0 amide bonds. The van der Waals surface area contributed by atoms with Crippen molar-refractivity contribution in [2.45, 2.75) is 38.1 Å². The van der Waals surface area contributed by atoms with E-state index in [-0.39, 0.29) is 6.04 Å². The van der Waals surface area contributed by atoms with Crippen LogP contribution in [-0.4, -0.2) is 32.5 Å². The number of nitriles is 1. The molecule has 0 radical (unpaired) electrons. The van der Waals surface area contributed by atoms with Crippen molar-refractivity contribution < 1.29 is 4.74 Å². The molecule has 1 aromatic carbocycles. The second-order valence-electron chi connectivity index (χ2n) is 7.79. The summed E-state index contributed by atoms with van der Waals surface area (Å²) in [6, 6.07) is 15.6. The van der Waals surface area contributed by atoms with Crippen molar-refractivity contribution in [2.24, 2.45) is 0 Å². The van der Waals surface area contributed by atoms with Crippen molar-refractivity contribution in [1.29, 1.82) is 5.26 Å². The summed E-state index contributed by atoms with van der Waals surface area (Å²) < 4.78 is 9.92. The van der Waals surface area contributed by atoms with Gasteiger partial charge in [-0.15, -0.1) is 0 Å². The third kappa shape index (κ3) is 5.04. The molecule has 8 heteroatoms. The van der Waals surface area contributed by atoms with Gasteiger partial charge in [0.25, 0.3) is 0 Å². The van der Waals surface area contributed by atoms with Crippen LogP contribution in [0.5, 0.6) is 11.6 Å². The Labute approximate surface area is 185 Å². The molecule has 1 aliphatic rings. The van der Waals surface area contributed by atoms with Gasteiger partial charge in [0.1, 0.15) is 28.9 Å². The molecule has 3 heterocycles. The first-order valence-corrected chi connectivity index (χ1v) is 11.1. The molecule has 0 bridgehead atoms. The zero-order valence-electron chi connectivity index (χ0n) is 17.4. The summed E-state index contributed by atoms with van der Waals surface area (Å²) in [5, 5.41) is 14.5. The fourth-order valence-electron chi connectivity index (χ4n) is 3.95. The van der Waals surface area contributed by atoms with Gasteiger partial charge < -0.3 is 10.5 Å². The van der Waals surface area contributed by atoms with Crippen LogP contribution in [0.2, 0.25) is 0 Å². The van der Waals surface area contributed by atoms with Gasteiger partial charge in [0.2, 0.25) is 5.88 Å². The SMILES string of the molecule is N#Cc1c(-c2ccc(Oc3ccccc3)nc2)nn(C2CCCCN(P)CCC2)c1N. The van der Waals surface area contributed by atoms with Crippen LogP contribution in [0.1, 0.15) is 43.7 Å². The average Bonchev–Trinajstić information content (AvgIpc) is 3.16. The van der Waals surface area contributed by atoms with Gasteiger partial charge >= 0.3 is 0 Å². The molecule has 1 saturated heterocycles. The lowest BCUT2D eigenvalue weighted by atomic mass is 10.1. The Morgan fingerprint density at radius 1 is 1.06 bits per heavy atom. The van der Waals surface area contributed by atoms with Crippen LogP contribution < -0.4 is 10.5 Å². The number of hydrogen-bond acceptors (Lipinski definition) is 6. The van der Waals surface area contributed by atoms with E-state index >= 15 is 0 Å². The first-order chi connectivity index (χ1) is 15.2. The standard InChI is InChI=1S/C23H27N6OP/c24-15-20-22(17-11-12-21(26-16-17)30-19-9-2-1-3-10-19)27-29(23(20)25)18-7-4-5-13-28(31)14-6-8-18/h1-3,9-12,16,18H,4-8,13-14,25,31H2. The Bertz CT molecular complexity index is 1040. The summed E-state index contributed by atoms with van der Waals surface area (Å²) in [4.78, 5) is 4.40. The smallest absolute Gasteiger partial charge is 0.219 e. The number of hydrogen-bond donors (Lipinski definition) is 1. The number of para-hydroxylation sites is 1. The van der Waals surface area contributed by atoms with E-state index in [2.05, 4.69) is 25.1 Å². The van der Waals surface area contributed by atoms with Crippen molar-refractivity contribution in [1.82, 2.24) is 19.4 Å². The third-order valence-corrected chi connectivity index (χ3v) is 6.11. The minimum Gasteiger partial charge on any atom is -0.439 e. The number of pyridine rings is 1.